The zero-order valence-corrected chi connectivity index (χ0v) is 6.34. The average molecular weight is 141 g/mol. The van der Waals surface area contributed by atoms with Gasteiger partial charge in [0.05, 0.1) is 0 Å². The highest BCUT2D eigenvalue weighted by Crippen LogP contribution is 2.06. The Balaban J connectivity index is 3.68. The maximum atomic E-state index is 5.70. The zero-order chi connectivity index (χ0) is 7.98. The van der Waals surface area contributed by atoms with Gasteiger partial charge >= 0.3 is 0 Å². The van der Waals surface area contributed by atoms with Crippen LogP contribution in [0.4, 0.5) is 0 Å². The summed E-state index contributed by atoms with van der Waals surface area (Å²) in [5.74, 6) is 0. The van der Waals surface area contributed by atoms with Crippen molar-refractivity contribution in [3.05, 3.63) is 37.5 Å². The van der Waals surface area contributed by atoms with Crippen LogP contribution in [-0.4, -0.2) is 6.04 Å². The van der Waals surface area contributed by atoms with Crippen molar-refractivity contribution in [2.75, 3.05) is 0 Å². The van der Waals surface area contributed by atoms with Crippen LogP contribution < -0.4 is 5.73 Å². The molecule has 0 saturated heterocycles. The first-order valence-corrected chi connectivity index (χ1v) is 3.37. The van der Waals surface area contributed by atoms with E-state index >= 15 is 0 Å². The molecule has 1 heteroatoms. The second-order valence-corrected chi connectivity index (χ2v) is 2.28. The van der Waals surface area contributed by atoms with Gasteiger partial charge in [-0.2, -0.15) is 0 Å². The van der Waals surface area contributed by atoms with Crippen LogP contribution in [0.1, 0.15) is 12.8 Å². The Morgan fingerprint density at radius 2 is 2.00 bits per heavy atom. The third-order valence-electron chi connectivity index (χ3n) is 1.35. The molecule has 1 atom stereocenters. The molecule has 0 bridgehead atoms. The molecule has 0 aliphatic carbocycles. The molecule has 0 heterocycles. The van der Waals surface area contributed by atoms with Crippen LogP contribution in [0.15, 0.2) is 37.5 Å². The van der Waals surface area contributed by atoms with E-state index < -0.39 is 0 Å². The quantitative estimate of drug-likeness (QED) is 0.582. The molecule has 2 N–H and O–H groups in total. The van der Waals surface area contributed by atoms with Crippen LogP contribution >= 0.6 is 0 Å². The van der Waals surface area contributed by atoms with Crippen molar-refractivity contribution in [3.63, 3.8) is 0 Å². The number of hydrogen-bond donors (Lipinski definition) is 1. The normalized spacial score (nSPS) is 12.1. The Morgan fingerprint density at radius 3 is 2.40 bits per heavy atom. The lowest BCUT2D eigenvalue weighted by atomic mass is 10.4. The molecule has 1 unspecified atom stereocenters. The average Bonchev–Trinajstić information content (AvgIpc) is 1.89. The second kappa shape index (κ2) is 5.00. The van der Waals surface area contributed by atoms with Gasteiger partial charge < -0.3 is 5.73 Å². The minimum atomic E-state index is 0.0514. The summed E-state index contributed by atoms with van der Waals surface area (Å²) < 4.78 is 0. The van der Waals surface area contributed by atoms with Crippen molar-refractivity contribution in [2.24, 2.45) is 5.73 Å². The number of rotatable bonds is 5. The molecule has 0 amide bonds. The minimum Gasteiger partial charge on any atom is -0.324 e. The van der Waals surface area contributed by atoms with Crippen LogP contribution in [0.25, 0.3) is 0 Å². The van der Waals surface area contributed by atoms with E-state index in [0.29, 0.717) is 0 Å². The fraction of sp³-hybridized carbons (Fsp3) is 0.333. The van der Waals surface area contributed by atoms with E-state index in [1.165, 1.54) is 0 Å². The first-order valence-electron chi connectivity index (χ1n) is 3.37. The van der Waals surface area contributed by atoms with E-state index in [4.69, 9.17) is 5.73 Å². The smallest absolute Gasteiger partial charge is 0.0288 e. The van der Waals surface area contributed by atoms with Crippen molar-refractivity contribution in [2.45, 2.75) is 18.9 Å². The summed E-state index contributed by atoms with van der Waals surface area (Å²) in [5.41, 5.74) is 6.72. The lowest BCUT2D eigenvalue weighted by Gasteiger charge is -2.09. The first-order chi connectivity index (χ1) is 4.72. The molecule has 0 aliphatic heterocycles. The first kappa shape index (κ1) is 9.18. The topological polar surface area (TPSA) is 26.0 Å². The Kier molecular flexibility index (Phi) is 4.59. The predicted molar refractivity (Wildman–Crippen MR) is 46.7 cm³/mol. The van der Waals surface area contributed by atoms with Gasteiger partial charge in [0.2, 0.25) is 0 Å². The molecule has 0 rings (SSSR count). The molecular formula is C9H15N. The van der Waals surface area contributed by atoms with Gasteiger partial charge in [-0.15, -0.1) is 13.2 Å². The molecule has 10 heavy (non-hydrogen) atoms. The number of hydrogen-bond acceptors (Lipinski definition) is 1. The Labute approximate surface area is 62.9 Å². The number of allylic oxidation sites excluding steroid dienone is 1. The third kappa shape index (κ3) is 3.25. The number of nitrogens with two attached hydrogens (primary N) is 1. The fourth-order valence-corrected chi connectivity index (χ4v) is 0.683. The highest BCUT2D eigenvalue weighted by molar-refractivity contribution is 5.09. The van der Waals surface area contributed by atoms with Crippen molar-refractivity contribution in [1.82, 2.24) is 0 Å². The second-order valence-electron chi connectivity index (χ2n) is 2.28. The van der Waals surface area contributed by atoms with Crippen molar-refractivity contribution in [1.29, 1.82) is 0 Å². The molecule has 0 aromatic rings. The largest absolute Gasteiger partial charge is 0.324 e. The van der Waals surface area contributed by atoms with Gasteiger partial charge in [-0.25, -0.2) is 0 Å². The van der Waals surface area contributed by atoms with E-state index in [9.17, 15) is 0 Å². The van der Waals surface area contributed by atoms with E-state index in [1.54, 1.807) is 6.08 Å². The molecule has 1 nitrogen and oxygen atoms in total. The van der Waals surface area contributed by atoms with E-state index in [0.717, 1.165) is 18.4 Å². The molecule has 0 spiro atoms. The molecule has 0 radical (unpaired) electrons. The molecule has 56 valence electrons. The molecule has 0 saturated carbocycles. The van der Waals surface area contributed by atoms with E-state index in [1.807, 2.05) is 6.08 Å². The van der Waals surface area contributed by atoms with Crippen LogP contribution in [-0.2, 0) is 0 Å². The fourth-order valence-electron chi connectivity index (χ4n) is 0.683. The van der Waals surface area contributed by atoms with Gasteiger partial charge in [0.1, 0.15) is 0 Å². The summed E-state index contributed by atoms with van der Waals surface area (Å²) in [5, 5.41) is 0. The standard InChI is InChI=1S/C9H15N/c1-4-6-8(3)9(10)7-5-2/h4-5,9H,1-3,6-7,10H2/i6+2,7+2. The van der Waals surface area contributed by atoms with Gasteiger partial charge in [0, 0.05) is 6.04 Å². The maximum absolute atomic E-state index is 5.70. The van der Waals surface area contributed by atoms with Gasteiger partial charge in [-0.3, -0.25) is 0 Å². The van der Waals surface area contributed by atoms with Gasteiger partial charge in [-0.05, 0) is 12.8 Å². The minimum absolute atomic E-state index is 0.0514. The summed E-state index contributed by atoms with van der Waals surface area (Å²) >= 11 is 0. The summed E-state index contributed by atoms with van der Waals surface area (Å²) in [7, 11) is 0. The van der Waals surface area contributed by atoms with Gasteiger partial charge in [0.15, 0.2) is 0 Å². The Morgan fingerprint density at radius 1 is 1.40 bits per heavy atom. The van der Waals surface area contributed by atoms with Crippen LogP contribution in [0.2, 0.25) is 0 Å². The third-order valence-corrected chi connectivity index (χ3v) is 1.35. The van der Waals surface area contributed by atoms with E-state index in [2.05, 4.69) is 19.7 Å². The highest BCUT2D eigenvalue weighted by atomic mass is 15.1. The predicted octanol–water partition coefficient (Wildman–Crippen LogP) is 2.02. The van der Waals surface area contributed by atoms with E-state index in [-0.39, 0.29) is 6.04 Å². The lowest BCUT2D eigenvalue weighted by molar-refractivity contribution is 0.769. The zero-order valence-electron chi connectivity index (χ0n) is 6.34. The molecule has 0 aromatic carbocycles. The van der Waals surface area contributed by atoms with Crippen molar-refractivity contribution < 1.29 is 0 Å². The molecule has 0 aliphatic rings. The molecule has 0 fully saturated rings. The van der Waals surface area contributed by atoms with Crippen LogP contribution in [0, 0.1) is 0 Å². The highest BCUT2D eigenvalue weighted by Gasteiger charge is 2.01. The summed E-state index contributed by atoms with van der Waals surface area (Å²) in [6.45, 7) is 11.0. The van der Waals surface area contributed by atoms with Crippen molar-refractivity contribution >= 4 is 0 Å². The van der Waals surface area contributed by atoms with Gasteiger partial charge in [-0.1, -0.05) is 24.3 Å². The van der Waals surface area contributed by atoms with Crippen LogP contribution in [0.5, 0.6) is 0 Å². The maximum Gasteiger partial charge on any atom is 0.0288 e. The monoisotopic (exact) mass is 141 g/mol. The van der Waals surface area contributed by atoms with Crippen molar-refractivity contribution in [3.8, 4) is 0 Å². The summed E-state index contributed by atoms with van der Waals surface area (Å²) in [6, 6.07) is 0.0514. The molecular weight excluding hydrogens is 126 g/mol. The Bertz CT molecular complexity index is 136. The summed E-state index contributed by atoms with van der Waals surface area (Å²) in [4.78, 5) is 0. The van der Waals surface area contributed by atoms with Gasteiger partial charge in [0.25, 0.3) is 0 Å². The SMILES string of the molecule is C=C[14CH2]C(=C)C(N)[14CH2]C=C. The molecule has 0 aromatic heterocycles. The Hall–Kier alpha value is -0.820. The lowest BCUT2D eigenvalue weighted by Crippen LogP contribution is -2.20. The summed E-state index contributed by atoms with van der Waals surface area (Å²) in [6.07, 6.45) is 5.21. The van der Waals surface area contributed by atoms with Crippen LogP contribution in [0.3, 0.4) is 0 Å².